The molecule has 0 aliphatic carbocycles. The van der Waals surface area contributed by atoms with Gasteiger partial charge in [-0.3, -0.25) is 9.78 Å². The monoisotopic (exact) mass is 772 g/mol. The number of nitrogens with one attached hydrogen (secondary N) is 3. The Morgan fingerprint density at radius 3 is 2.21 bits per heavy atom. The van der Waals surface area contributed by atoms with Crippen molar-refractivity contribution in [1.29, 1.82) is 0 Å². The molecule has 3 aromatic heterocycles. The van der Waals surface area contributed by atoms with Crippen LogP contribution in [-0.2, 0) is 27.2 Å². The molecule has 21 heteroatoms. The van der Waals surface area contributed by atoms with Crippen molar-refractivity contribution in [3.63, 3.8) is 0 Å². The summed E-state index contributed by atoms with van der Waals surface area (Å²) in [6.07, 6.45) is -1.17. The fourth-order valence-corrected chi connectivity index (χ4v) is 5.22. The van der Waals surface area contributed by atoms with E-state index >= 15 is 0 Å². The van der Waals surface area contributed by atoms with E-state index in [0.717, 1.165) is 78.5 Å². The third kappa shape index (κ3) is 12.2. The number of carboxylic acid groups (broad SMARTS) is 2. The molecule has 6 rings (SSSR count). The average molecular weight is 773 g/mol. The zero-order chi connectivity index (χ0) is 38.9. The van der Waals surface area contributed by atoms with E-state index in [1.807, 2.05) is 43.5 Å². The number of carbonyl (C=O) groups excluding carboxylic acids is 1. The fraction of sp³-hybridized carbons (Fsp3) is 0.344. The van der Waals surface area contributed by atoms with E-state index in [1.54, 1.807) is 12.4 Å². The summed E-state index contributed by atoms with van der Waals surface area (Å²) in [7, 11) is 0. The first-order chi connectivity index (χ1) is 24.9. The second-order valence-electron chi connectivity index (χ2n) is 11.7. The summed E-state index contributed by atoms with van der Waals surface area (Å²) < 4.78 is 68.7. The Hall–Kier alpha value is -5.66. The van der Waals surface area contributed by atoms with E-state index in [4.69, 9.17) is 35.9 Å². The van der Waals surface area contributed by atoms with Crippen molar-refractivity contribution < 1.29 is 55.5 Å². The summed E-state index contributed by atoms with van der Waals surface area (Å²) in [6.45, 7) is 3.63. The second-order valence-corrected chi connectivity index (χ2v) is 12.1. The number of aliphatic carboxylic acids is 2. The lowest BCUT2D eigenvalue weighted by Gasteiger charge is -2.31. The number of fused-ring (bicyclic) bond motifs is 6. The van der Waals surface area contributed by atoms with Crippen LogP contribution >= 0.6 is 11.6 Å². The fourth-order valence-electron chi connectivity index (χ4n) is 5.08. The largest absolute Gasteiger partial charge is 0.490 e. The van der Waals surface area contributed by atoms with Crippen LogP contribution in [0.5, 0.6) is 0 Å². The van der Waals surface area contributed by atoms with Crippen LogP contribution in [0.25, 0.3) is 0 Å². The first-order valence-corrected chi connectivity index (χ1v) is 16.0. The summed E-state index contributed by atoms with van der Waals surface area (Å²) in [6, 6.07) is 9.88. The maximum Gasteiger partial charge on any atom is 0.490 e. The van der Waals surface area contributed by atoms with Gasteiger partial charge in [-0.05, 0) is 73.9 Å². The zero-order valence-electron chi connectivity index (χ0n) is 27.6. The van der Waals surface area contributed by atoms with E-state index in [2.05, 4.69) is 41.0 Å². The number of alkyl halides is 6. The maximum absolute atomic E-state index is 13.1. The molecule has 1 amide bonds. The number of rotatable bonds is 4. The van der Waals surface area contributed by atoms with Gasteiger partial charge in [0.15, 0.2) is 11.6 Å². The molecule has 2 aliphatic heterocycles. The van der Waals surface area contributed by atoms with Crippen molar-refractivity contribution in [3.8, 4) is 0 Å². The van der Waals surface area contributed by atoms with Gasteiger partial charge in [0, 0.05) is 43.1 Å². The smallest absolute Gasteiger partial charge is 0.475 e. The number of amides is 1. The molecule has 0 atom stereocenters. The lowest BCUT2D eigenvalue weighted by molar-refractivity contribution is -0.193. The molecule has 284 valence electrons. The minimum absolute atomic E-state index is 0.0296. The highest BCUT2D eigenvalue weighted by Crippen LogP contribution is 2.30. The molecule has 1 aromatic carbocycles. The minimum atomic E-state index is -5.08. The van der Waals surface area contributed by atoms with Crippen LogP contribution in [0.1, 0.15) is 36.1 Å². The predicted octanol–water partition coefficient (Wildman–Crippen LogP) is 6.92. The molecule has 5 heterocycles. The number of carboxylic acids is 2. The number of aryl methyl sites for hydroxylation is 3. The number of nitrogens with zero attached hydrogens (tertiary/aromatic N) is 5. The molecule has 0 saturated carbocycles. The number of aromatic nitrogens is 4. The van der Waals surface area contributed by atoms with Gasteiger partial charge in [-0.25, -0.2) is 14.6 Å². The molecular formula is C32H31ClF6N8O6. The van der Waals surface area contributed by atoms with Gasteiger partial charge >= 0.3 is 24.3 Å². The third-order valence-corrected chi connectivity index (χ3v) is 7.91. The highest BCUT2D eigenvalue weighted by atomic mass is 35.5. The number of carbonyl (C=O) groups is 3. The summed E-state index contributed by atoms with van der Waals surface area (Å²) in [5.74, 6) is -2.56. The SMILES string of the molecule is Cc1cc(N2CCC(CC(=O)Nc3ccc4cc3CCc3cncc(c3)Nc3ncc(Cl)c(n3)N4)CC2)no1.O=C(O)C(F)(F)F.O=C(O)C(F)(F)F. The van der Waals surface area contributed by atoms with E-state index < -0.39 is 24.3 Å². The van der Waals surface area contributed by atoms with Gasteiger partial charge in [-0.15, -0.1) is 0 Å². The van der Waals surface area contributed by atoms with Crippen molar-refractivity contribution in [1.82, 2.24) is 20.1 Å². The van der Waals surface area contributed by atoms with Crippen molar-refractivity contribution in [2.75, 3.05) is 33.9 Å². The molecule has 53 heavy (non-hydrogen) atoms. The number of hydrogen-bond donors (Lipinski definition) is 5. The van der Waals surface area contributed by atoms with Crippen LogP contribution in [0, 0.1) is 12.8 Å². The summed E-state index contributed by atoms with van der Waals surface area (Å²) >= 11 is 6.37. The molecule has 1 saturated heterocycles. The number of anilines is 6. The first kappa shape index (κ1) is 40.1. The molecule has 0 unspecified atom stereocenters. The molecule has 2 aliphatic rings. The summed E-state index contributed by atoms with van der Waals surface area (Å²) in [4.78, 5) is 46.3. The first-order valence-electron chi connectivity index (χ1n) is 15.6. The number of benzene rings is 1. The normalized spacial score (nSPS) is 14.2. The number of piperidine rings is 1. The van der Waals surface area contributed by atoms with E-state index in [-0.39, 0.29) is 5.91 Å². The summed E-state index contributed by atoms with van der Waals surface area (Å²) in [5, 5.41) is 28.4. The molecule has 4 aromatic rings. The minimum Gasteiger partial charge on any atom is -0.475 e. The Labute approximate surface area is 301 Å². The topological polar surface area (TPSA) is 196 Å². The van der Waals surface area contributed by atoms with Gasteiger partial charge in [0.1, 0.15) is 10.8 Å². The Morgan fingerprint density at radius 1 is 0.943 bits per heavy atom. The van der Waals surface area contributed by atoms with E-state index in [1.165, 1.54) is 0 Å². The van der Waals surface area contributed by atoms with Crippen molar-refractivity contribution >= 4 is 64.1 Å². The molecule has 1 fully saturated rings. The van der Waals surface area contributed by atoms with Crippen LogP contribution in [0.2, 0.25) is 5.02 Å². The number of pyridine rings is 1. The standard InChI is InChI=1S/C28H29ClN8O2.2C2HF3O2/c1-17-10-25(36-39-17)37-8-6-18(7-9-37)12-26(38)34-24-5-4-21-13-20(24)3-2-19-11-22(15-30-14-19)33-28-31-16-23(29)27(32-21)35-28;2*3-2(4,5)1(6)7/h4-5,10-11,13-16,18H,2-3,6-9,12H2,1H3,(H,34,38)(H2,31,32,33,35);2*(H,6,7). The number of halogens is 7. The van der Waals surface area contributed by atoms with E-state index in [0.29, 0.717) is 29.1 Å². The number of hydrogen-bond acceptors (Lipinski definition) is 11. The Balaban J connectivity index is 0.000000381. The van der Waals surface area contributed by atoms with Crippen LogP contribution in [0.15, 0.2) is 53.4 Å². The maximum atomic E-state index is 13.1. The third-order valence-electron chi connectivity index (χ3n) is 7.63. The molecule has 5 N–H and O–H groups in total. The highest BCUT2D eigenvalue weighted by molar-refractivity contribution is 6.32. The lowest BCUT2D eigenvalue weighted by Crippen LogP contribution is -2.35. The van der Waals surface area contributed by atoms with Crippen LogP contribution in [0.4, 0.5) is 61.0 Å². The van der Waals surface area contributed by atoms with Gasteiger partial charge in [0.2, 0.25) is 11.9 Å². The highest BCUT2D eigenvalue weighted by Gasteiger charge is 2.39. The van der Waals surface area contributed by atoms with E-state index in [9.17, 15) is 31.1 Å². The molecular weight excluding hydrogens is 742 g/mol. The Morgan fingerprint density at radius 2 is 1.60 bits per heavy atom. The average Bonchev–Trinajstić information content (AvgIpc) is 3.52. The molecule has 0 radical (unpaired) electrons. The van der Waals surface area contributed by atoms with Crippen LogP contribution in [-0.4, -0.2) is 73.6 Å². The van der Waals surface area contributed by atoms with Gasteiger partial charge < -0.3 is 35.6 Å². The summed E-state index contributed by atoms with van der Waals surface area (Å²) in [5.41, 5.74) is 4.53. The molecule has 14 nitrogen and oxygen atoms in total. The van der Waals surface area contributed by atoms with Gasteiger partial charge in [0.05, 0.1) is 18.1 Å². The second kappa shape index (κ2) is 17.2. The molecule has 0 spiro atoms. The van der Waals surface area contributed by atoms with Crippen LogP contribution < -0.4 is 20.9 Å². The van der Waals surface area contributed by atoms with Gasteiger partial charge in [-0.1, -0.05) is 16.8 Å². The van der Waals surface area contributed by atoms with Crippen molar-refractivity contribution in [2.45, 2.75) is 51.4 Å². The lowest BCUT2D eigenvalue weighted by atomic mass is 9.93. The predicted molar refractivity (Wildman–Crippen MR) is 178 cm³/mol. The van der Waals surface area contributed by atoms with Gasteiger partial charge in [0.25, 0.3) is 0 Å². The Kier molecular flexibility index (Phi) is 13.0. The van der Waals surface area contributed by atoms with Gasteiger partial charge in [-0.2, -0.15) is 31.3 Å². The van der Waals surface area contributed by atoms with Crippen molar-refractivity contribution in [2.24, 2.45) is 5.92 Å². The molecule has 6 bridgehead atoms. The zero-order valence-corrected chi connectivity index (χ0v) is 28.3. The quantitative estimate of drug-likeness (QED) is 0.134. The van der Waals surface area contributed by atoms with Crippen molar-refractivity contribution in [3.05, 3.63) is 70.8 Å². The Bertz CT molecular complexity index is 1890. The van der Waals surface area contributed by atoms with Crippen LogP contribution in [0.3, 0.4) is 0 Å².